The van der Waals surface area contributed by atoms with Crippen molar-refractivity contribution in [2.45, 2.75) is 18.3 Å². The summed E-state index contributed by atoms with van der Waals surface area (Å²) >= 11 is 0. The van der Waals surface area contributed by atoms with Crippen LogP contribution in [0.25, 0.3) is 11.1 Å². The second-order valence-electron chi connectivity index (χ2n) is 8.70. The Morgan fingerprint density at radius 3 is 2.23 bits per heavy atom. The molecule has 8 nitrogen and oxygen atoms in total. The Labute approximate surface area is 201 Å². The number of halogens is 2. The summed E-state index contributed by atoms with van der Waals surface area (Å²) in [5, 5.41) is 10.9. The first kappa shape index (κ1) is 24.6. The van der Waals surface area contributed by atoms with E-state index in [2.05, 4.69) is 0 Å². The molecule has 186 valence electrons. The van der Waals surface area contributed by atoms with Gasteiger partial charge in [0.15, 0.2) is 0 Å². The Morgan fingerprint density at radius 1 is 0.971 bits per heavy atom. The van der Waals surface area contributed by atoms with E-state index in [1.165, 1.54) is 0 Å². The molecule has 0 unspecified atom stereocenters. The van der Waals surface area contributed by atoms with Crippen molar-refractivity contribution in [3.63, 3.8) is 0 Å². The number of nitrogens with zero attached hydrogens (tertiary/aromatic N) is 2. The molecule has 10 heteroatoms. The highest BCUT2D eigenvalue weighted by Crippen LogP contribution is 2.44. The molecule has 2 aromatic rings. The minimum atomic E-state index is -3.81. The first-order chi connectivity index (χ1) is 16.8. The number of carbonyl (C=O) groups is 3. The Morgan fingerprint density at radius 2 is 1.60 bits per heavy atom. The Bertz CT molecular complexity index is 1060. The van der Waals surface area contributed by atoms with Crippen molar-refractivity contribution in [1.82, 2.24) is 15.1 Å². The number of hydrogen-bond acceptors (Lipinski definition) is 5. The summed E-state index contributed by atoms with van der Waals surface area (Å²) in [6.45, 7) is -0.736. The molecule has 2 aromatic carbocycles. The number of hydrogen-bond donors (Lipinski definition) is 2. The number of carbonyl (C=O) groups excluding carboxylic acids is 2. The lowest BCUT2D eigenvalue weighted by Gasteiger charge is -2.26. The van der Waals surface area contributed by atoms with Gasteiger partial charge in [0.1, 0.15) is 6.61 Å². The Balaban J connectivity index is 1.30. The number of nitrogens with one attached hydrogen (secondary N) is 1. The van der Waals surface area contributed by atoms with Gasteiger partial charge in [-0.25, -0.2) is 4.79 Å². The third-order valence-electron chi connectivity index (χ3n) is 6.35. The summed E-state index contributed by atoms with van der Waals surface area (Å²) in [4.78, 5) is 38.1. The van der Waals surface area contributed by atoms with Crippen LogP contribution in [0.5, 0.6) is 0 Å². The number of alkyl carbamates (subject to hydrolysis) is 1. The van der Waals surface area contributed by atoms with E-state index in [9.17, 15) is 23.2 Å². The zero-order chi connectivity index (χ0) is 25.0. The maximum atomic E-state index is 14.6. The molecule has 0 saturated carbocycles. The normalized spacial score (nSPS) is 16.2. The van der Waals surface area contributed by atoms with Gasteiger partial charge in [-0.05, 0) is 28.7 Å². The van der Waals surface area contributed by atoms with Crippen molar-refractivity contribution in [2.75, 3.05) is 45.9 Å². The fourth-order valence-electron chi connectivity index (χ4n) is 4.66. The van der Waals surface area contributed by atoms with Gasteiger partial charge in [-0.1, -0.05) is 48.5 Å². The van der Waals surface area contributed by atoms with Gasteiger partial charge >= 0.3 is 18.0 Å². The molecule has 1 aliphatic carbocycles. The first-order valence-electron chi connectivity index (χ1n) is 11.5. The van der Waals surface area contributed by atoms with Crippen LogP contribution in [0.15, 0.2) is 48.5 Å². The van der Waals surface area contributed by atoms with Crippen LogP contribution in [0.3, 0.4) is 0 Å². The van der Waals surface area contributed by atoms with E-state index in [0.29, 0.717) is 13.0 Å². The summed E-state index contributed by atoms with van der Waals surface area (Å²) in [6.07, 6.45) is -0.641. The predicted molar refractivity (Wildman–Crippen MR) is 123 cm³/mol. The molecule has 2 amide bonds. The summed E-state index contributed by atoms with van der Waals surface area (Å²) < 4.78 is 34.4. The third kappa shape index (κ3) is 5.59. The van der Waals surface area contributed by atoms with Crippen LogP contribution in [0.4, 0.5) is 13.6 Å². The van der Waals surface area contributed by atoms with E-state index in [1.54, 1.807) is 4.90 Å². The van der Waals surface area contributed by atoms with Gasteiger partial charge in [0.05, 0.1) is 13.1 Å². The second-order valence-corrected chi connectivity index (χ2v) is 8.70. The van der Waals surface area contributed by atoms with Crippen molar-refractivity contribution in [3.05, 3.63) is 59.7 Å². The molecule has 2 aliphatic rings. The van der Waals surface area contributed by atoms with Crippen LogP contribution in [-0.2, 0) is 14.3 Å². The van der Waals surface area contributed by atoms with Crippen molar-refractivity contribution in [1.29, 1.82) is 0 Å². The maximum absolute atomic E-state index is 14.6. The number of carboxylic acid groups (broad SMARTS) is 1. The van der Waals surface area contributed by atoms with Gasteiger partial charge in [0.25, 0.3) is 5.91 Å². The van der Waals surface area contributed by atoms with Crippen LogP contribution in [0.2, 0.25) is 0 Å². The molecule has 0 aromatic heterocycles. The summed E-state index contributed by atoms with van der Waals surface area (Å²) in [5.41, 5.74) is 4.10. The second kappa shape index (κ2) is 10.4. The van der Waals surface area contributed by atoms with Gasteiger partial charge in [-0.3, -0.25) is 14.5 Å². The fraction of sp³-hybridized carbons (Fsp3) is 0.400. The maximum Gasteiger partial charge on any atom is 0.407 e. The number of rotatable bonds is 7. The lowest BCUT2D eigenvalue weighted by atomic mass is 9.98. The lowest BCUT2D eigenvalue weighted by Crippen LogP contribution is -2.51. The van der Waals surface area contributed by atoms with Crippen molar-refractivity contribution in [3.8, 4) is 11.1 Å². The molecule has 1 saturated heterocycles. The number of alkyl halides is 2. The highest BCUT2D eigenvalue weighted by molar-refractivity contribution is 5.84. The molecule has 0 radical (unpaired) electrons. The molecule has 0 atom stereocenters. The molecule has 0 spiro atoms. The number of amides is 2. The average molecular weight is 488 g/mol. The van der Waals surface area contributed by atoms with Gasteiger partial charge in [0.2, 0.25) is 0 Å². The quantitative estimate of drug-likeness (QED) is 0.623. The lowest BCUT2D eigenvalue weighted by molar-refractivity contribution is -0.156. The van der Waals surface area contributed by atoms with Crippen LogP contribution < -0.4 is 5.32 Å². The molecule has 35 heavy (non-hydrogen) atoms. The Kier molecular flexibility index (Phi) is 7.30. The van der Waals surface area contributed by atoms with Gasteiger partial charge < -0.3 is 20.1 Å². The standard InChI is InChI=1S/C25H27F2N3O5/c26-25(27,23(33)30-11-5-10-29(12-13-30)14-22(31)32)16-28-24(34)35-15-21-19-8-3-1-6-17(19)18-7-2-4-9-20(18)21/h1-4,6-9,21H,5,10-16H2,(H,28,34)(H,31,32). The SMILES string of the molecule is O=C(O)CN1CCCN(C(=O)C(F)(F)CNC(=O)OCC2c3ccccc3-c3ccccc32)CC1. The van der Waals surface area contributed by atoms with Crippen molar-refractivity contribution < 1.29 is 33.0 Å². The molecule has 1 aliphatic heterocycles. The molecule has 0 bridgehead atoms. The number of ether oxygens (including phenoxy) is 1. The molecule has 4 rings (SSSR count). The van der Waals surface area contributed by atoms with Crippen LogP contribution in [0, 0.1) is 0 Å². The van der Waals surface area contributed by atoms with E-state index >= 15 is 0 Å². The molecule has 2 N–H and O–H groups in total. The summed E-state index contributed by atoms with van der Waals surface area (Å²) in [5.74, 6) is -6.43. The predicted octanol–water partition coefficient (Wildman–Crippen LogP) is 2.78. The van der Waals surface area contributed by atoms with Crippen LogP contribution >= 0.6 is 0 Å². The molecular formula is C25H27F2N3O5. The highest BCUT2D eigenvalue weighted by atomic mass is 19.3. The van der Waals surface area contributed by atoms with Gasteiger partial charge in [0, 0.05) is 32.1 Å². The summed E-state index contributed by atoms with van der Waals surface area (Å²) in [7, 11) is 0. The first-order valence-corrected chi connectivity index (χ1v) is 11.5. The largest absolute Gasteiger partial charge is 0.480 e. The molecule has 1 heterocycles. The van der Waals surface area contributed by atoms with E-state index in [0.717, 1.165) is 27.2 Å². The van der Waals surface area contributed by atoms with Gasteiger partial charge in [-0.2, -0.15) is 8.78 Å². The number of carboxylic acids is 1. The topological polar surface area (TPSA) is 99.2 Å². The van der Waals surface area contributed by atoms with Crippen molar-refractivity contribution in [2.24, 2.45) is 0 Å². The van der Waals surface area contributed by atoms with E-state index in [4.69, 9.17) is 9.84 Å². The Hall–Kier alpha value is -3.53. The van der Waals surface area contributed by atoms with E-state index in [1.807, 2.05) is 53.8 Å². The zero-order valence-corrected chi connectivity index (χ0v) is 19.1. The molecular weight excluding hydrogens is 460 g/mol. The summed E-state index contributed by atoms with van der Waals surface area (Å²) in [6, 6.07) is 15.5. The van der Waals surface area contributed by atoms with Crippen LogP contribution in [-0.4, -0.2) is 84.7 Å². The highest BCUT2D eigenvalue weighted by Gasteiger charge is 2.43. The third-order valence-corrected chi connectivity index (χ3v) is 6.35. The number of benzene rings is 2. The minimum absolute atomic E-state index is 0.00729. The van der Waals surface area contributed by atoms with E-state index in [-0.39, 0.29) is 38.7 Å². The number of aliphatic carboxylic acids is 1. The number of fused-ring (bicyclic) bond motifs is 3. The zero-order valence-electron chi connectivity index (χ0n) is 19.1. The van der Waals surface area contributed by atoms with E-state index < -0.39 is 30.4 Å². The monoisotopic (exact) mass is 487 g/mol. The minimum Gasteiger partial charge on any atom is -0.480 e. The van der Waals surface area contributed by atoms with Gasteiger partial charge in [-0.15, -0.1) is 0 Å². The smallest absolute Gasteiger partial charge is 0.407 e. The fourth-order valence-corrected chi connectivity index (χ4v) is 4.66. The molecule has 1 fully saturated rings. The average Bonchev–Trinajstić information content (AvgIpc) is 2.97. The van der Waals surface area contributed by atoms with Crippen molar-refractivity contribution >= 4 is 18.0 Å². The van der Waals surface area contributed by atoms with Crippen LogP contribution in [0.1, 0.15) is 23.5 Å².